The first-order chi connectivity index (χ1) is 11.7. The molecule has 0 bridgehead atoms. The summed E-state index contributed by atoms with van der Waals surface area (Å²) in [5.74, 6) is 3.62. The fourth-order valence-corrected chi connectivity index (χ4v) is 2.99. The molecule has 8 heteroatoms. The van der Waals surface area contributed by atoms with Gasteiger partial charge < -0.3 is 19.7 Å². The summed E-state index contributed by atoms with van der Waals surface area (Å²) in [7, 11) is 1.76. The second-order valence-corrected chi connectivity index (χ2v) is 6.08. The topological polar surface area (TPSA) is 93.2 Å². The molecule has 8 nitrogen and oxygen atoms in total. The van der Waals surface area contributed by atoms with Gasteiger partial charge in [0.25, 0.3) is 0 Å². The molecule has 1 aliphatic heterocycles. The fraction of sp³-hybridized carbons (Fsp3) is 0.625. The summed E-state index contributed by atoms with van der Waals surface area (Å²) in [6, 6.07) is 0. The minimum Gasteiger partial charge on any atom is -0.361 e. The average Bonchev–Trinajstić information content (AvgIpc) is 3.01. The quantitative estimate of drug-likeness (QED) is 0.651. The number of hydrogen-bond donors (Lipinski definition) is 2. The van der Waals surface area contributed by atoms with Gasteiger partial charge in [0.15, 0.2) is 11.8 Å². The van der Waals surface area contributed by atoms with Crippen molar-refractivity contribution in [2.75, 3.05) is 7.05 Å². The monoisotopic (exact) mass is 331 g/mol. The Labute approximate surface area is 141 Å². The van der Waals surface area contributed by atoms with Crippen molar-refractivity contribution in [2.45, 2.75) is 59.2 Å². The van der Waals surface area contributed by atoms with Crippen LogP contribution in [0.1, 0.15) is 47.9 Å². The van der Waals surface area contributed by atoms with Gasteiger partial charge in [-0.3, -0.25) is 4.99 Å². The molecule has 0 atom stereocenters. The molecule has 2 aromatic heterocycles. The highest BCUT2D eigenvalue weighted by molar-refractivity contribution is 5.79. The van der Waals surface area contributed by atoms with Crippen molar-refractivity contribution in [1.29, 1.82) is 0 Å². The molecule has 2 N–H and O–H groups in total. The number of aromatic nitrogens is 4. The lowest BCUT2D eigenvalue weighted by atomic mass is 10.2. The van der Waals surface area contributed by atoms with E-state index in [1.54, 1.807) is 7.05 Å². The summed E-state index contributed by atoms with van der Waals surface area (Å²) in [5.41, 5.74) is 1.97. The van der Waals surface area contributed by atoms with Crippen molar-refractivity contribution in [1.82, 2.24) is 30.6 Å². The van der Waals surface area contributed by atoms with Gasteiger partial charge in [-0.15, -0.1) is 10.2 Å². The van der Waals surface area contributed by atoms with E-state index in [2.05, 4.69) is 35.5 Å². The molecule has 24 heavy (non-hydrogen) atoms. The van der Waals surface area contributed by atoms with Gasteiger partial charge in [0.2, 0.25) is 0 Å². The molecule has 0 amide bonds. The SMILES string of the molecule is CN=C(NCc1c(C)noc1C)NCc1nnc2n1CCCCC2. The Kier molecular flexibility index (Phi) is 5.12. The van der Waals surface area contributed by atoms with Gasteiger partial charge in [0.05, 0.1) is 12.2 Å². The number of guanidine groups is 1. The Morgan fingerprint density at radius 3 is 2.75 bits per heavy atom. The van der Waals surface area contributed by atoms with Crippen molar-refractivity contribution < 1.29 is 4.52 Å². The minimum atomic E-state index is 0.605. The second kappa shape index (κ2) is 7.46. The van der Waals surface area contributed by atoms with Crippen LogP contribution < -0.4 is 10.6 Å². The molecule has 0 saturated carbocycles. The third-order valence-electron chi connectivity index (χ3n) is 4.44. The molecule has 2 aromatic rings. The molecule has 0 radical (unpaired) electrons. The van der Waals surface area contributed by atoms with Gasteiger partial charge in [-0.05, 0) is 26.7 Å². The number of rotatable bonds is 4. The van der Waals surface area contributed by atoms with Crippen LogP contribution in [0.3, 0.4) is 0 Å². The summed E-state index contributed by atoms with van der Waals surface area (Å²) in [6.07, 6.45) is 4.67. The van der Waals surface area contributed by atoms with E-state index in [1.165, 1.54) is 19.3 Å². The second-order valence-electron chi connectivity index (χ2n) is 6.08. The van der Waals surface area contributed by atoms with E-state index in [0.717, 1.165) is 47.6 Å². The number of fused-ring (bicyclic) bond motifs is 1. The molecule has 0 saturated heterocycles. The Morgan fingerprint density at radius 2 is 2.00 bits per heavy atom. The first-order valence-corrected chi connectivity index (χ1v) is 8.46. The van der Waals surface area contributed by atoms with Crippen LogP contribution in [0.5, 0.6) is 0 Å². The third-order valence-corrected chi connectivity index (χ3v) is 4.44. The van der Waals surface area contributed by atoms with E-state index in [1.807, 2.05) is 13.8 Å². The van der Waals surface area contributed by atoms with Crippen molar-refractivity contribution in [3.8, 4) is 0 Å². The molecule has 3 rings (SSSR count). The first kappa shape index (κ1) is 16.5. The highest BCUT2D eigenvalue weighted by Crippen LogP contribution is 2.14. The van der Waals surface area contributed by atoms with E-state index in [4.69, 9.17) is 4.52 Å². The van der Waals surface area contributed by atoms with Crippen molar-refractivity contribution >= 4 is 5.96 Å². The van der Waals surface area contributed by atoms with E-state index in [0.29, 0.717) is 13.1 Å². The molecule has 0 aromatic carbocycles. The maximum absolute atomic E-state index is 5.18. The zero-order valence-electron chi connectivity index (χ0n) is 14.6. The van der Waals surface area contributed by atoms with Crippen LogP contribution in [0.4, 0.5) is 0 Å². The van der Waals surface area contributed by atoms with Gasteiger partial charge >= 0.3 is 0 Å². The molecule has 0 aliphatic carbocycles. The van der Waals surface area contributed by atoms with E-state index < -0.39 is 0 Å². The standard InChI is InChI=1S/C16H25N7O/c1-11-13(12(2)24-22-11)9-18-16(17-3)19-10-15-21-20-14-7-5-4-6-8-23(14)15/h4-10H2,1-3H3,(H2,17,18,19). The molecule has 0 unspecified atom stereocenters. The third kappa shape index (κ3) is 3.58. The average molecular weight is 331 g/mol. The van der Waals surface area contributed by atoms with Crippen LogP contribution in [-0.2, 0) is 26.1 Å². The zero-order valence-corrected chi connectivity index (χ0v) is 14.6. The Balaban J connectivity index is 1.58. The van der Waals surface area contributed by atoms with Crippen LogP contribution in [0.15, 0.2) is 9.52 Å². The predicted octanol–water partition coefficient (Wildman–Crippen LogP) is 1.47. The smallest absolute Gasteiger partial charge is 0.191 e. The zero-order chi connectivity index (χ0) is 16.9. The summed E-state index contributed by atoms with van der Waals surface area (Å²) >= 11 is 0. The van der Waals surface area contributed by atoms with Gasteiger partial charge in [-0.25, -0.2) is 0 Å². The Morgan fingerprint density at radius 1 is 1.17 bits per heavy atom. The molecule has 0 spiro atoms. The van der Waals surface area contributed by atoms with E-state index in [9.17, 15) is 0 Å². The lowest BCUT2D eigenvalue weighted by Crippen LogP contribution is -2.37. The molecule has 3 heterocycles. The molecular weight excluding hydrogens is 306 g/mol. The van der Waals surface area contributed by atoms with Crippen molar-refractivity contribution in [3.63, 3.8) is 0 Å². The van der Waals surface area contributed by atoms with Gasteiger partial charge in [0, 0.05) is 32.1 Å². The number of nitrogens with one attached hydrogen (secondary N) is 2. The van der Waals surface area contributed by atoms with Crippen LogP contribution in [0.25, 0.3) is 0 Å². The minimum absolute atomic E-state index is 0.605. The van der Waals surface area contributed by atoms with Crippen molar-refractivity contribution in [3.05, 3.63) is 28.7 Å². The highest BCUT2D eigenvalue weighted by Gasteiger charge is 2.15. The number of aryl methyl sites for hydroxylation is 3. The fourth-order valence-electron chi connectivity index (χ4n) is 2.99. The van der Waals surface area contributed by atoms with Crippen LogP contribution in [-0.4, -0.2) is 32.9 Å². The summed E-state index contributed by atoms with van der Waals surface area (Å²) in [5, 5.41) is 19.2. The lowest BCUT2D eigenvalue weighted by Gasteiger charge is -2.12. The van der Waals surface area contributed by atoms with Gasteiger partial charge in [-0.2, -0.15) is 0 Å². The molecular formula is C16H25N7O. The Bertz CT molecular complexity index is 697. The van der Waals surface area contributed by atoms with Gasteiger partial charge in [0.1, 0.15) is 11.6 Å². The number of hydrogen-bond acceptors (Lipinski definition) is 5. The largest absolute Gasteiger partial charge is 0.361 e. The Hall–Kier alpha value is -2.38. The summed E-state index contributed by atoms with van der Waals surface area (Å²) < 4.78 is 7.42. The highest BCUT2D eigenvalue weighted by atomic mass is 16.5. The van der Waals surface area contributed by atoms with E-state index in [-0.39, 0.29) is 0 Å². The maximum atomic E-state index is 5.18. The van der Waals surface area contributed by atoms with Crippen molar-refractivity contribution in [2.24, 2.45) is 4.99 Å². The van der Waals surface area contributed by atoms with Crippen LogP contribution in [0, 0.1) is 13.8 Å². The van der Waals surface area contributed by atoms with E-state index >= 15 is 0 Å². The lowest BCUT2D eigenvalue weighted by molar-refractivity contribution is 0.392. The molecule has 130 valence electrons. The van der Waals surface area contributed by atoms with Gasteiger partial charge in [-0.1, -0.05) is 11.6 Å². The maximum Gasteiger partial charge on any atom is 0.191 e. The molecule has 1 aliphatic rings. The molecule has 0 fully saturated rings. The number of nitrogens with zero attached hydrogens (tertiary/aromatic N) is 5. The first-order valence-electron chi connectivity index (χ1n) is 8.46. The van der Waals surface area contributed by atoms with Crippen LogP contribution >= 0.6 is 0 Å². The summed E-state index contributed by atoms with van der Waals surface area (Å²) in [6.45, 7) is 6.09. The summed E-state index contributed by atoms with van der Waals surface area (Å²) in [4.78, 5) is 4.26. The predicted molar refractivity (Wildman–Crippen MR) is 90.6 cm³/mol. The number of aliphatic imine (C=N–C) groups is 1. The normalized spacial score (nSPS) is 15.0. The van der Waals surface area contributed by atoms with Crippen LogP contribution in [0.2, 0.25) is 0 Å².